The molecule has 4 rings (SSSR count). The molecule has 1 unspecified atom stereocenters. The molecule has 1 atom stereocenters. The smallest absolute Gasteiger partial charge is 0.411 e. The molecule has 0 bridgehead atoms. The lowest BCUT2D eigenvalue weighted by atomic mass is 10.1. The van der Waals surface area contributed by atoms with Gasteiger partial charge in [0, 0.05) is 68.2 Å². The molecular formula is C40H49N5O5. The van der Waals surface area contributed by atoms with Crippen LogP contribution in [0.3, 0.4) is 0 Å². The number of nitrogens with zero attached hydrogens (tertiary/aromatic N) is 1. The molecule has 0 saturated carbocycles. The van der Waals surface area contributed by atoms with E-state index in [1.807, 2.05) is 92.8 Å². The predicted octanol–water partition coefficient (Wildman–Crippen LogP) is 6.87. The van der Waals surface area contributed by atoms with Crippen LogP contribution < -0.4 is 21.3 Å². The molecular weight excluding hydrogens is 630 g/mol. The summed E-state index contributed by atoms with van der Waals surface area (Å²) in [6.07, 6.45) is 18.2. The Bertz CT molecular complexity index is 1620. The van der Waals surface area contributed by atoms with Crippen molar-refractivity contribution in [1.82, 2.24) is 15.5 Å². The molecule has 1 fully saturated rings. The van der Waals surface area contributed by atoms with Crippen molar-refractivity contribution in [2.24, 2.45) is 5.92 Å². The number of carbonyl (C=O) groups is 3. The highest BCUT2D eigenvalue weighted by Crippen LogP contribution is 2.18. The van der Waals surface area contributed by atoms with Gasteiger partial charge in [-0.05, 0) is 67.7 Å². The maximum Gasteiger partial charge on any atom is 0.411 e. The summed E-state index contributed by atoms with van der Waals surface area (Å²) in [4.78, 5) is 40.2. The lowest BCUT2D eigenvalue weighted by Gasteiger charge is -2.31. The van der Waals surface area contributed by atoms with Crippen molar-refractivity contribution in [1.29, 1.82) is 0 Å². The van der Waals surface area contributed by atoms with E-state index in [9.17, 15) is 19.5 Å². The zero-order chi connectivity index (χ0) is 35.6. The summed E-state index contributed by atoms with van der Waals surface area (Å²) in [5.41, 5.74) is 3.59. The van der Waals surface area contributed by atoms with Gasteiger partial charge in [-0.1, -0.05) is 79.8 Å². The maximum atomic E-state index is 12.7. The van der Waals surface area contributed by atoms with E-state index in [0.29, 0.717) is 56.0 Å². The highest BCUT2D eigenvalue weighted by molar-refractivity contribution is 5.94. The molecule has 10 nitrogen and oxygen atoms in total. The van der Waals surface area contributed by atoms with E-state index in [1.165, 1.54) is 0 Å². The minimum Gasteiger partial charge on any atom is -0.508 e. The van der Waals surface area contributed by atoms with Gasteiger partial charge in [0.15, 0.2) is 0 Å². The first-order valence-electron chi connectivity index (χ1n) is 17.2. The van der Waals surface area contributed by atoms with Crippen LogP contribution in [0.4, 0.5) is 16.2 Å². The van der Waals surface area contributed by atoms with Crippen molar-refractivity contribution in [3.63, 3.8) is 0 Å². The number of piperidine rings is 1. The van der Waals surface area contributed by atoms with Crippen LogP contribution in [-0.2, 0) is 14.3 Å². The third-order valence-corrected chi connectivity index (χ3v) is 8.17. The molecule has 1 aliphatic carbocycles. The SMILES string of the molecule is C\C=C/C=C\C(=C\c1ccccc1)NC(=O)OC1CCN(CCC(=O)Nc2cccc(NC(=O)CCNCC3=C(O)C=CC(C)C=C3)c2)CC1. The number of hydrogen-bond donors (Lipinski definition) is 5. The van der Waals surface area contributed by atoms with Crippen LogP contribution in [-0.4, -0.2) is 66.7 Å². The first-order valence-corrected chi connectivity index (χ1v) is 17.2. The average Bonchev–Trinajstić information content (AvgIpc) is 3.26. The van der Waals surface area contributed by atoms with Crippen LogP contribution in [0.2, 0.25) is 0 Å². The fourth-order valence-electron chi connectivity index (χ4n) is 5.40. The Labute approximate surface area is 295 Å². The number of benzene rings is 2. The van der Waals surface area contributed by atoms with Gasteiger partial charge in [0.1, 0.15) is 11.9 Å². The van der Waals surface area contributed by atoms with Crippen LogP contribution in [0.1, 0.15) is 45.1 Å². The summed E-state index contributed by atoms with van der Waals surface area (Å²) >= 11 is 0. The maximum absolute atomic E-state index is 12.7. The van der Waals surface area contributed by atoms with Gasteiger partial charge in [-0.2, -0.15) is 0 Å². The topological polar surface area (TPSA) is 132 Å². The third-order valence-electron chi connectivity index (χ3n) is 8.17. The standard InChI is InChI=1S/C40H49N5O5/c1-3-4-6-12-33(27-31-10-7-5-8-11-31)44-40(49)50-36-20-24-45(25-21-36)26-22-39(48)43-35-14-9-13-34(28-35)42-38(47)19-23-41-29-32-17-15-30(2)16-18-37(32)46/h3-18,27-28,30,36,41,46H,19-26,29H2,1-2H3,(H,42,47)(H,43,48)(H,44,49)/b4-3-,12-6-,33-27-. The van der Waals surface area contributed by atoms with Gasteiger partial charge in [0.2, 0.25) is 11.8 Å². The molecule has 264 valence electrons. The summed E-state index contributed by atoms with van der Waals surface area (Å²) < 4.78 is 5.72. The van der Waals surface area contributed by atoms with E-state index >= 15 is 0 Å². The van der Waals surface area contributed by atoms with E-state index in [4.69, 9.17) is 4.74 Å². The molecule has 0 radical (unpaired) electrons. The molecule has 1 aliphatic heterocycles. The van der Waals surface area contributed by atoms with Gasteiger partial charge in [-0.15, -0.1) is 0 Å². The van der Waals surface area contributed by atoms with Crippen molar-refractivity contribution < 1.29 is 24.2 Å². The number of rotatable bonds is 15. The number of amides is 3. The molecule has 50 heavy (non-hydrogen) atoms. The molecule has 1 saturated heterocycles. The second-order valence-corrected chi connectivity index (χ2v) is 12.3. The minimum atomic E-state index is -0.487. The number of alkyl carbamates (subject to hydrolysis) is 1. The third kappa shape index (κ3) is 13.7. The number of allylic oxidation sites excluding steroid dienone is 7. The Kier molecular flexibility index (Phi) is 15.3. The van der Waals surface area contributed by atoms with Crippen molar-refractivity contribution in [3.05, 3.63) is 126 Å². The van der Waals surface area contributed by atoms with E-state index in [1.54, 1.807) is 30.3 Å². The number of aliphatic hydroxyl groups is 1. The Morgan fingerprint density at radius 1 is 0.920 bits per heavy atom. The number of likely N-dealkylation sites (tertiary alicyclic amines) is 1. The highest BCUT2D eigenvalue weighted by Gasteiger charge is 2.23. The molecule has 1 heterocycles. The zero-order valence-electron chi connectivity index (χ0n) is 28.9. The second kappa shape index (κ2) is 20.4. The fourth-order valence-corrected chi connectivity index (χ4v) is 5.40. The average molecular weight is 680 g/mol. The van der Waals surface area contributed by atoms with Crippen molar-refractivity contribution in [3.8, 4) is 0 Å². The van der Waals surface area contributed by atoms with Crippen LogP contribution in [0.5, 0.6) is 0 Å². The van der Waals surface area contributed by atoms with Crippen LogP contribution in [0.15, 0.2) is 120 Å². The van der Waals surface area contributed by atoms with Crippen molar-refractivity contribution in [2.75, 3.05) is 43.4 Å². The molecule has 10 heteroatoms. The summed E-state index contributed by atoms with van der Waals surface area (Å²) in [7, 11) is 0. The van der Waals surface area contributed by atoms with Gasteiger partial charge in [0.05, 0.1) is 0 Å². The van der Waals surface area contributed by atoms with E-state index < -0.39 is 6.09 Å². The lowest BCUT2D eigenvalue weighted by Crippen LogP contribution is -2.40. The second-order valence-electron chi connectivity index (χ2n) is 12.3. The largest absolute Gasteiger partial charge is 0.508 e. The summed E-state index contributed by atoms with van der Waals surface area (Å²) in [6, 6.07) is 16.8. The van der Waals surface area contributed by atoms with Crippen LogP contribution >= 0.6 is 0 Å². The summed E-state index contributed by atoms with van der Waals surface area (Å²) in [5.74, 6) is 0.215. The molecule has 2 aromatic carbocycles. The van der Waals surface area contributed by atoms with E-state index in [-0.39, 0.29) is 36.0 Å². The highest BCUT2D eigenvalue weighted by atomic mass is 16.6. The van der Waals surface area contributed by atoms with Gasteiger partial charge in [-0.3, -0.25) is 14.9 Å². The molecule has 0 spiro atoms. The van der Waals surface area contributed by atoms with E-state index in [0.717, 1.165) is 24.2 Å². The first-order chi connectivity index (χ1) is 24.3. The monoisotopic (exact) mass is 679 g/mol. The molecule has 5 N–H and O–H groups in total. The first kappa shape index (κ1) is 37.6. The number of hydrogen-bond acceptors (Lipinski definition) is 7. The normalized spacial score (nSPS) is 17.2. The van der Waals surface area contributed by atoms with Gasteiger partial charge in [0.25, 0.3) is 0 Å². The zero-order valence-corrected chi connectivity index (χ0v) is 28.9. The molecule has 2 aliphatic rings. The molecule has 0 aromatic heterocycles. The van der Waals surface area contributed by atoms with Crippen molar-refractivity contribution >= 4 is 35.4 Å². The Morgan fingerprint density at radius 2 is 1.62 bits per heavy atom. The molecule has 3 amide bonds. The van der Waals surface area contributed by atoms with Crippen LogP contribution in [0, 0.1) is 5.92 Å². The van der Waals surface area contributed by atoms with Gasteiger partial charge >= 0.3 is 6.09 Å². The Hall–Kier alpha value is -5.19. The molecule has 2 aromatic rings. The number of aliphatic hydroxyl groups excluding tert-OH is 1. The predicted molar refractivity (Wildman–Crippen MR) is 200 cm³/mol. The number of ether oxygens (including phenoxy) is 1. The summed E-state index contributed by atoms with van der Waals surface area (Å²) in [6.45, 7) is 6.92. The van der Waals surface area contributed by atoms with Gasteiger partial charge < -0.3 is 30.7 Å². The summed E-state index contributed by atoms with van der Waals surface area (Å²) in [5, 5.41) is 22.0. The van der Waals surface area contributed by atoms with Gasteiger partial charge in [-0.25, -0.2) is 4.79 Å². The number of anilines is 2. The van der Waals surface area contributed by atoms with E-state index in [2.05, 4.69) is 26.2 Å². The Morgan fingerprint density at radius 3 is 2.34 bits per heavy atom. The number of nitrogens with one attached hydrogen (secondary N) is 4. The van der Waals surface area contributed by atoms with Crippen LogP contribution in [0.25, 0.3) is 6.08 Å². The Balaban J connectivity index is 1.13. The fraction of sp³-hybridized carbons (Fsp3) is 0.325. The quantitative estimate of drug-likeness (QED) is 0.103. The lowest BCUT2D eigenvalue weighted by molar-refractivity contribution is -0.117. The van der Waals surface area contributed by atoms with Crippen molar-refractivity contribution in [2.45, 2.75) is 45.6 Å². The number of carbonyl (C=O) groups excluding carboxylic acids is 3. The minimum absolute atomic E-state index is 0.117.